The van der Waals surface area contributed by atoms with E-state index in [1.807, 2.05) is 13.8 Å². The molecule has 3 rings (SSSR count). The summed E-state index contributed by atoms with van der Waals surface area (Å²) in [6.45, 7) is 6.76. The fourth-order valence-corrected chi connectivity index (χ4v) is 4.92. The van der Waals surface area contributed by atoms with Crippen molar-refractivity contribution in [2.45, 2.75) is 39.7 Å². The Bertz CT molecular complexity index is 1080. The molecule has 1 aromatic heterocycles. The van der Waals surface area contributed by atoms with Crippen molar-refractivity contribution >= 4 is 51.8 Å². The second-order valence-corrected chi connectivity index (χ2v) is 9.08. The van der Waals surface area contributed by atoms with Crippen molar-refractivity contribution < 1.29 is 23.9 Å². The molecule has 4 amide bonds. The molecule has 10 heteroatoms. The van der Waals surface area contributed by atoms with E-state index in [-0.39, 0.29) is 6.61 Å². The molecule has 1 aromatic carbocycles. The van der Waals surface area contributed by atoms with Crippen molar-refractivity contribution in [2.24, 2.45) is 0 Å². The van der Waals surface area contributed by atoms with E-state index in [2.05, 4.69) is 10.6 Å². The molecule has 0 aliphatic carbocycles. The van der Waals surface area contributed by atoms with E-state index in [1.165, 1.54) is 11.3 Å². The van der Waals surface area contributed by atoms with Crippen molar-refractivity contribution in [3.63, 3.8) is 0 Å². The Morgan fingerprint density at radius 1 is 1.22 bits per heavy atom. The van der Waals surface area contributed by atoms with Gasteiger partial charge in [-0.15, -0.1) is 11.3 Å². The number of imide groups is 1. The maximum absolute atomic E-state index is 13.0. The number of aryl methyl sites for hydroxylation is 1. The molecule has 170 valence electrons. The molecule has 1 atom stereocenters. The van der Waals surface area contributed by atoms with E-state index in [0.717, 1.165) is 15.3 Å². The highest BCUT2D eigenvalue weighted by molar-refractivity contribution is 7.16. The minimum absolute atomic E-state index is 0.204. The Morgan fingerprint density at radius 2 is 1.88 bits per heavy atom. The maximum Gasteiger partial charge on any atom is 0.341 e. The highest BCUT2D eigenvalue weighted by Gasteiger charge is 2.49. The van der Waals surface area contributed by atoms with Crippen molar-refractivity contribution in [3.8, 4) is 0 Å². The van der Waals surface area contributed by atoms with Crippen LogP contribution in [0.1, 0.15) is 47.1 Å². The van der Waals surface area contributed by atoms with Crippen molar-refractivity contribution in [3.05, 3.63) is 50.9 Å². The minimum atomic E-state index is -1.31. The fourth-order valence-electron chi connectivity index (χ4n) is 3.64. The highest BCUT2D eigenvalue weighted by Crippen LogP contribution is 2.34. The first-order valence-electron chi connectivity index (χ1n) is 10.1. The molecule has 0 radical (unpaired) electrons. The molecule has 1 fully saturated rings. The second-order valence-electron chi connectivity index (χ2n) is 7.42. The zero-order valence-corrected chi connectivity index (χ0v) is 19.8. The number of halogens is 1. The van der Waals surface area contributed by atoms with Crippen LogP contribution in [0.5, 0.6) is 0 Å². The molecule has 0 spiro atoms. The van der Waals surface area contributed by atoms with Crippen LogP contribution in [0.25, 0.3) is 0 Å². The van der Waals surface area contributed by atoms with Gasteiger partial charge in [-0.2, -0.15) is 0 Å². The molecular weight excluding hydrogens is 454 g/mol. The van der Waals surface area contributed by atoms with Crippen LogP contribution in [-0.4, -0.2) is 41.9 Å². The number of nitrogens with zero attached hydrogens (tertiary/aromatic N) is 1. The second kappa shape index (κ2) is 9.30. The summed E-state index contributed by atoms with van der Waals surface area (Å²) in [5.41, 5.74) is 0.351. The van der Waals surface area contributed by atoms with Gasteiger partial charge in [0.25, 0.3) is 5.91 Å². The van der Waals surface area contributed by atoms with Gasteiger partial charge in [-0.1, -0.05) is 30.7 Å². The van der Waals surface area contributed by atoms with Crippen LogP contribution in [0, 0.1) is 6.92 Å². The van der Waals surface area contributed by atoms with Crippen molar-refractivity contribution in [1.82, 2.24) is 10.2 Å². The van der Waals surface area contributed by atoms with Crippen LogP contribution in [-0.2, 0) is 26.3 Å². The van der Waals surface area contributed by atoms with Gasteiger partial charge in [0, 0.05) is 9.90 Å². The SMILES string of the molecule is CCOC(=O)c1c(NC(=O)CN2C(=O)NC(C)(c3ccc(Cl)cc3)C2=O)sc(C)c1CC. The number of urea groups is 1. The average molecular weight is 478 g/mol. The number of hydrogen-bond donors (Lipinski definition) is 2. The maximum atomic E-state index is 13.0. The minimum Gasteiger partial charge on any atom is -0.462 e. The Labute approximate surface area is 194 Å². The number of benzene rings is 1. The average Bonchev–Trinajstić information content (AvgIpc) is 3.16. The standard InChI is InChI=1S/C22H24ClN3O5S/c1-5-15-12(3)32-18(17(15)19(28)31-6-2)24-16(27)11-26-20(29)22(4,25-21(26)30)13-7-9-14(23)10-8-13/h7-10H,5-6,11H2,1-4H3,(H,24,27)(H,25,30). The molecule has 2 N–H and O–H groups in total. The first-order valence-corrected chi connectivity index (χ1v) is 11.3. The third-order valence-electron chi connectivity index (χ3n) is 5.29. The number of hydrogen-bond acceptors (Lipinski definition) is 6. The van der Waals surface area contributed by atoms with Crippen LogP contribution in [0.4, 0.5) is 9.80 Å². The molecule has 32 heavy (non-hydrogen) atoms. The summed E-state index contributed by atoms with van der Waals surface area (Å²) in [6, 6.07) is 5.87. The van der Waals surface area contributed by atoms with E-state index in [4.69, 9.17) is 16.3 Å². The number of rotatable bonds is 7. The lowest BCUT2D eigenvalue weighted by atomic mass is 9.92. The van der Waals surface area contributed by atoms with Crippen LogP contribution in [0.3, 0.4) is 0 Å². The molecule has 8 nitrogen and oxygen atoms in total. The predicted molar refractivity (Wildman–Crippen MR) is 122 cm³/mol. The zero-order valence-electron chi connectivity index (χ0n) is 18.2. The third-order valence-corrected chi connectivity index (χ3v) is 6.61. The number of amides is 4. The first kappa shape index (κ1) is 23.7. The van der Waals surface area contributed by atoms with Crippen LogP contribution in [0.2, 0.25) is 5.02 Å². The van der Waals surface area contributed by atoms with Crippen LogP contribution in [0.15, 0.2) is 24.3 Å². The molecule has 2 heterocycles. The van der Waals surface area contributed by atoms with Gasteiger partial charge in [0.1, 0.15) is 17.1 Å². The van der Waals surface area contributed by atoms with Gasteiger partial charge < -0.3 is 15.4 Å². The van der Waals surface area contributed by atoms with Gasteiger partial charge in [0.2, 0.25) is 5.91 Å². The number of carbonyl (C=O) groups is 4. The number of nitrogens with one attached hydrogen (secondary N) is 2. The molecule has 2 aromatic rings. The van der Waals surface area contributed by atoms with Gasteiger partial charge in [-0.05, 0) is 50.5 Å². The number of anilines is 1. The monoisotopic (exact) mass is 477 g/mol. The van der Waals surface area contributed by atoms with E-state index in [9.17, 15) is 19.2 Å². The predicted octanol–water partition coefficient (Wildman–Crippen LogP) is 3.85. The Morgan fingerprint density at radius 3 is 2.47 bits per heavy atom. The lowest BCUT2D eigenvalue weighted by molar-refractivity contribution is -0.133. The lowest BCUT2D eigenvalue weighted by Gasteiger charge is -2.22. The van der Waals surface area contributed by atoms with Gasteiger partial charge in [-0.3, -0.25) is 14.5 Å². The van der Waals surface area contributed by atoms with Gasteiger partial charge in [0.15, 0.2) is 0 Å². The van der Waals surface area contributed by atoms with Gasteiger partial charge in [0.05, 0.1) is 12.2 Å². The Kier molecular flexibility index (Phi) is 6.90. The summed E-state index contributed by atoms with van der Waals surface area (Å²) in [7, 11) is 0. The van der Waals surface area contributed by atoms with Crippen molar-refractivity contribution in [1.29, 1.82) is 0 Å². The molecular formula is C22H24ClN3O5S. The first-order chi connectivity index (χ1) is 15.1. The topological polar surface area (TPSA) is 105 Å². The molecule has 1 unspecified atom stereocenters. The smallest absolute Gasteiger partial charge is 0.341 e. The van der Waals surface area contributed by atoms with E-state index >= 15 is 0 Å². The lowest BCUT2D eigenvalue weighted by Crippen LogP contribution is -2.42. The van der Waals surface area contributed by atoms with E-state index < -0.39 is 35.9 Å². The molecule has 1 aliphatic rings. The quantitative estimate of drug-likeness (QED) is 0.465. The van der Waals surface area contributed by atoms with E-state index in [0.29, 0.717) is 27.6 Å². The van der Waals surface area contributed by atoms with Crippen molar-refractivity contribution in [2.75, 3.05) is 18.5 Å². The molecule has 1 saturated heterocycles. The Balaban J connectivity index is 1.80. The summed E-state index contributed by atoms with van der Waals surface area (Å²) < 4.78 is 5.14. The molecule has 0 bridgehead atoms. The summed E-state index contributed by atoms with van der Waals surface area (Å²) in [6.07, 6.45) is 0.596. The number of esters is 1. The molecule has 1 aliphatic heterocycles. The number of ether oxygens (including phenoxy) is 1. The molecule has 0 saturated carbocycles. The number of thiophene rings is 1. The highest BCUT2D eigenvalue weighted by atomic mass is 35.5. The zero-order chi connectivity index (χ0) is 23.6. The third kappa shape index (κ3) is 4.35. The number of carbonyl (C=O) groups excluding carboxylic acids is 4. The fraction of sp³-hybridized carbons (Fsp3) is 0.364. The van der Waals surface area contributed by atoms with Gasteiger partial charge >= 0.3 is 12.0 Å². The summed E-state index contributed by atoms with van der Waals surface area (Å²) in [4.78, 5) is 52.5. The summed E-state index contributed by atoms with van der Waals surface area (Å²) >= 11 is 7.17. The Hall–Kier alpha value is -2.91. The summed E-state index contributed by atoms with van der Waals surface area (Å²) in [5.74, 6) is -1.67. The summed E-state index contributed by atoms with van der Waals surface area (Å²) in [5, 5.41) is 6.17. The largest absolute Gasteiger partial charge is 0.462 e. The normalized spacial score (nSPS) is 18.0. The van der Waals surface area contributed by atoms with Crippen LogP contribution >= 0.6 is 22.9 Å². The van der Waals surface area contributed by atoms with Gasteiger partial charge in [-0.25, -0.2) is 9.59 Å². The van der Waals surface area contributed by atoms with E-state index in [1.54, 1.807) is 38.1 Å². The van der Waals surface area contributed by atoms with Crippen LogP contribution < -0.4 is 10.6 Å².